The molecule has 3 heterocycles. The average molecular weight is 262 g/mol. The molecule has 0 fully saturated rings. The standard InChI is InChI=1S/C11H8ClN5O/c1-16-7-4-9(12)15-5-8(7)17(11(16)18)10-6-13-2-3-14-10/h2-6H,1H3. The molecule has 6 nitrogen and oxygen atoms in total. The monoisotopic (exact) mass is 261 g/mol. The molecule has 0 aliphatic carbocycles. The topological polar surface area (TPSA) is 65.6 Å². The number of aryl methyl sites for hydroxylation is 1. The molecule has 0 unspecified atom stereocenters. The molecule has 0 aromatic carbocycles. The van der Waals surface area contributed by atoms with Crippen LogP contribution in [0.15, 0.2) is 35.6 Å². The zero-order chi connectivity index (χ0) is 12.7. The molecule has 0 aliphatic heterocycles. The molecule has 0 N–H and O–H groups in total. The fraction of sp³-hybridized carbons (Fsp3) is 0.0909. The Labute approximate surface area is 107 Å². The van der Waals surface area contributed by atoms with Crippen molar-refractivity contribution < 1.29 is 0 Å². The lowest BCUT2D eigenvalue weighted by Crippen LogP contribution is -2.21. The molecule has 0 radical (unpaired) electrons. The van der Waals surface area contributed by atoms with Crippen LogP contribution in [0.2, 0.25) is 5.15 Å². The van der Waals surface area contributed by atoms with Crippen LogP contribution >= 0.6 is 11.6 Å². The van der Waals surface area contributed by atoms with E-state index in [0.29, 0.717) is 22.0 Å². The predicted octanol–water partition coefficient (Wildman–Crippen LogP) is 1.17. The number of pyridine rings is 1. The molecule has 90 valence electrons. The Kier molecular flexibility index (Phi) is 2.38. The van der Waals surface area contributed by atoms with Crippen molar-refractivity contribution in [2.45, 2.75) is 0 Å². The fourth-order valence-corrected chi connectivity index (χ4v) is 1.99. The predicted molar refractivity (Wildman–Crippen MR) is 66.9 cm³/mol. The maximum absolute atomic E-state index is 12.2. The van der Waals surface area contributed by atoms with Crippen molar-refractivity contribution in [1.82, 2.24) is 24.1 Å². The molecular formula is C11H8ClN5O. The third-order valence-corrected chi connectivity index (χ3v) is 2.89. The number of hydrogen-bond donors (Lipinski definition) is 0. The fourth-order valence-electron chi connectivity index (χ4n) is 1.84. The molecular weight excluding hydrogens is 254 g/mol. The summed E-state index contributed by atoms with van der Waals surface area (Å²) in [5.41, 5.74) is 1.13. The molecule has 0 saturated carbocycles. The Bertz CT molecular complexity index is 777. The van der Waals surface area contributed by atoms with E-state index < -0.39 is 0 Å². The number of hydrogen-bond acceptors (Lipinski definition) is 4. The van der Waals surface area contributed by atoms with E-state index in [9.17, 15) is 4.79 Å². The lowest BCUT2D eigenvalue weighted by molar-refractivity contribution is 0.830. The van der Waals surface area contributed by atoms with Gasteiger partial charge in [-0.15, -0.1) is 0 Å². The minimum absolute atomic E-state index is 0.213. The Morgan fingerprint density at radius 3 is 2.72 bits per heavy atom. The van der Waals surface area contributed by atoms with Crippen LogP contribution in [-0.4, -0.2) is 24.1 Å². The van der Waals surface area contributed by atoms with Crippen LogP contribution in [0.1, 0.15) is 0 Å². The number of fused-ring (bicyclic) bond motifs is 1. The molecule has 0 spiro atoms. The molecule has 3 aromatic heterocycles. The summed E-state index contributed by atoms with van der Waals surface area (Å²) >= 11 is 5.83. The maximum Gasteiger partial charge on any atom is 0.334 e. The van der Waals surface area contributed by atoms with E-state index >= 15 is 0 Å². The van der Waals surface area contributed by atoms with Crippen LogP contribution in [-0.2, 0) is 7.05 Å². The first-order valence-electron chi connectivity index (χ1n) is 5.18. The molecule has 0 amide bonds. The molecule has 3 rings (SSSR count). The second kappa shape index (κ2) is 3.92. The van der Waals surface area contributed by atoms with Gasteiger partial charge in [0.05, 0.1) is 23.4 Å². The van der Waals surface area contributed by atoms with Gasteiger partial charge in [-0.05, 0) is 0 Å². The highest BCUT2D eigenvalue weighted by molar-refractivity contribution is 6.29. The zero-order valence-corrected chi connectivity index (χ0v) is 10.2. The first kappa shape index (κ1) is 10.9. The van der Waals surface area contributed by atoms with Gasteiger partial charge in [0.25, 0.3) is 0 Å². The quantitative estimate of drug-likeness (QED) is 0.617. The van der Waals surface area contributed by atoms with Crippen LogP contribution in [0.4, 0.5) is 0 Å². The maximum atomic E-state index is 12.2. The van der Waals surface area contributed by atoms with Crippen LogP contribution in [0.25, 0.3) is 16.9 Å². The SMILES string of the molecule is Cn1c(=O)n(-c2cnccn2)c2cnc(Cl)cc21. The van der Waals surface area contributed by atoms with Gasteiger partial charge in [0, 0.05) is 25.5 Å². The van der Waals surface area contributed by atoms with Gasteiger partial charge in [-0.3, -0.25) is 9.55 Å². The van der Waals surface area contributed by atoms with E-state index in [0.717, 1.165) is 0 Å². The van der Waals surface area contributed by atoms with Gasteiger partial charge in [-0.2, -0.15) is 0 Å². The van der Waals surface area contributed by atoms with Crippen LogP contribution in [0.5, 0.6) is 0 Å². The van der Waals surface area contributed by atoms with Crippen molar-refractivity contribution in [3.63, 3.8) is 0 Å². The minimum atomic E-state index is -0.213. The van der Waals surface area contributed by atoms with E-state index in [1.54, 1.807) is 25.5 Å². The lowest BCUT2D eigenvalue weighted by atomic mass is 10.4. The normalized spacial score (nSPS) is 11.0. The van der Waals surface area contributed by atoms with E-state index in [1.165, 1.54) is 21.5 Å². The van der Waals surface area contributed by atoms with Gasteiger partial charge in [0.2, 0.25) is 0 Å². The number of imidazole rings is 1. The Hall–Kier alpha value is -2.21. The molecule has 0 atom stereocenters. The third kappa shape index (κ3) is 1.50. The molecule has 0 bridgehead atoms. The third-order valence-electron chi connectivity index (χ3n) is 2.69. The summed E-state index contributed by atoms with van der Waals surface area (Å²) < 4.78 is 2.95. The summed E-state index contributed by atoms with van der Waals surface area (Å²) in [6.07, 6.45) is 6.15. The van der Waals surface area contributed by atoms with Crippen LogP contribution in [0, 0.1) is 0 Å². The molecule has 3 aromatic rings. The molecule has 0 saturated heterocycles. The van der Waals surface area contributed by atoms with Gasteiger partial charge in [-0.1, -0.05) is 11.6 Å². The van der Waals surface area contributed by atoms with E-state index in [2.05, 4.69) is 15.0 Å². The van der Waals surface area contributed by atoms with Gasteiger partial charge in [-0.25, -0.2) is 19.3 Å². The smallest absolute Gasteiger partial charge is 0.294 e. The van der Waals surface area contributed by atoms with Gasteiger partial charge < -0.3 is 0 Å². The summed E-state index contributed by atoms with van der Waals surface area (Å²) in [6, 6.07) is 1.64. The highest BCUT2D eigenvalue weighted by Gasteiger charge is 2.13. The van der Waals surface area contributed by atoms with Gasteiger partial charge in [0.1, 0.15) is 5.15 Å². The first-order valence-corrected chi connectivity index (χ1v) is 5.55. The summed E-state index contributed by atoms with van der Waals surface area (Å²) in [4.78, 5) is 24.3. The Morgan fingerprint density at radius 1 is 1.17 bits per heavy atom. The lowest BCUT2D eigenvalue weighted by Gasteiger charge is -1.99. The molecule has 7 heteroatoms. The highest BCUT2D eigenvalue weighted by Crippen LogP contribution is 2.17. The van der Waals surface area contributed by atoms with E-state index in [4.69, 9.17) is 11.6 Å². The van der Waals surface area contributed by atoms with Gasteiger partial charge >= 0.3 is 5.69 Å². The number of rotatable bonds is 1. The van der Waals surface area contributed by atoms with Crippen molar-refractivity contribution in [1.29, 1.82) is 0 Å². The summed E-state index contributed by atoms with van der Waals surface area (Å²) in [6.45, 7) is 0. The first-order chi connectivity index (χ1) is 8.68. The molecule has 0 aliphatic rings. The van der Waals surface area contributed by atoms with Crippen molar-refractivity contribution in [2.75, 3.05) is 0 Å². The minimum Gasteiger partial charge on any atom is -0.294 e. The number of halogens is 1. The van der Waals surface area contributed by atoms with Crippen molar-refractivity contribution >= 4 is 22.6 Å². The average Bonchev–Trinajstić information content (AvgIpc) is 2.64. The largest absolute Gasteiger partial charge is 0.334 e. The Balaban J connectivity index is 2.44. The second-order valence-electron chi connectivity index (χ2n) is 3.74. The van der Waals surface area contributed by atoms with Crippen molar-refractivity contribution in [2.24, 2.45) is 7.05 Å². The second-order valence-corrected chi connectivity index (χ2v) is 4.12. The number of aromatic nitrogens is 5. The summed E-state index contributed by atoms with van der Waals surface area (Å²) in [7, 11) is 1.67. The summed E-state index contributed by atoms with van der Waals surface area (Å²) in [5, 5.41) is 0.342. The summed E-state index contributed by atoms with van der Waals surface area (Å²) in [5.74, 6) is 0.456. The van der Waals surface area contributed by atoms with E-state index in [1.807, 2.05) is 0 Å². The van der Waals surface area contributed by atoms with Crippen LogP contribution < -0.4 is 5.69 Å². The van der Waals surface area contributed by atoms with Gasteiger partial charge in [0.15, 0.2) is 5.82 Å². The highest BCUT2D eigenvalue weighted by atomic mass is 35.5. The van der Waals surface area contributed by atoms with Crippen LogP contribution in [0.3, 0.4) is 0 Å². The van der Waals surface area contributed by atoms with Crippen molar-refractivity contribution in [3.8, 4) is 5.82 Å². The Morgan fingerprint density at radius 2 is 2.00 bits per heavy atom. The zero-order valence-electron chi connectivity index (χ0n) is 9.41. The van der Waals surface area contributed by atoms with Crippen molar-refractivity contribution in [3.05, 3.63) is 46.5 Å². The molecule has 18 heavy (non-hydrogen) atoms. The number of nitrogens with zero attached hydrogens (tertiary/aromatic N) is 5. The van der Waals surface area contributed by atoms with E-state index in [-0.39, 0.29) is 5.69 Å².